The van der Waals surface area contributed by atoms with Crippen LogP contribution in [0.15, 0.2) is 29.2 Å². The van der Waals surface area contributed by atoms with E-state index >= 15 is 0 Å². The quantitative estimate of drug-likeness (QED) is 0.665. The van der Waals surface area contributed by atoms with Gasteiger partial charge in [0.25, 0.3) is 5.91 Å². The van der Waals surface area contributed by atoms with Gasteiger partial charge in [-0.3, -0.25) is 18.6 Å². The van der Waals surface area contributed by atoms with Crippen molar-refractivity contribution in [3.8, 4) is 0 Å². The van der Waals surface area contributed by atoms with Crippen LogP contribution in [-0.4, -0.2) is 47.8 Å². The van der Waals surface area contributed by atoms with Crippen LogP contribution in [0.5, 0.6) is 0 Å². The van der Waals surface area contributed by atoms with Gasteiger partial charge in [0.2, 0.25) is 0 Å². The van der Waals surface area contributed by atoms with Crippen molar-refractivity contribution in [2.45, 2.75) is 46.1 Å². The van der Waals surface area contributed by atoms with Gasteiger partial charge in [-0.05, 0) is 36.5 Å². The number of pyridine rings is 1. The van der Waals surface area contributed by atoms with Crippen molar-refractivity contribution in [3.05, 3.63) is 46.3 Å². The highest BCUT2D eigenvalue weighted by molar-refractivity contribution is 5.92. The van der Waals surface area contributed by atoms with E-state index in [9.17, 15) is 9.59 Å². The van der Waals surface area contributed by atoms with E-state index < -0.39 is 0 Å². The Balaban J connectivity index is 1.62. The average molecular weight is 411 g/mol. The predicted octanol–water partition coefficient (Wildman–Crippen LogP) is 2.53. The summed E-state index contributed by atoms with van der Waals surface area (Å²) in [6, 6.07) is 5.77. The highest BCUT2D eigenvalue weighted by Gasteiger charge is 2.28. The summed E-state index contributed by atoms with van der Waals surface area (Å²) >= 11 is 0. The summed E-state index contributed by atoms with van der Waals surface area (Å²) in [5, 5.41) is 4.25. The summed E-state index contributed by atoms with van der Waals surface area (Å²) in [4.78, 5) is 32.3. The number of rotatable bonds is 3. The van der Waals surface area contributed by atoms with Crippen LogP contribution in [-0.2, 0) is 20.6 Å². The van der Waals surface area contributed by atoms with Crippen LogP contribution in [0, 0.1) is 5.41 Å². The SMILES string of the molecule is Cn1ccc(C(=O)N2CCCC(c3ccc4c(n3)n(C)c(=O)n4CC(C)(C)C)C2)n1. The number of aromatic nitrogens is 5. The molecule has 0 N–H and O–H groups in total. The smallest absolute Gasteiger partial charge is 0.330 e. The normalized spacial score (nSPS) is 17.6. The van der Waals surface area contributed by atoms with Gasteiger partial charge in [-0.1, -0.05) is 20.8 Å². The Labute approximate surface area is 176 Å². The average Bonchev–Trinajstić information content (AvgIpc) is 3.24. The van der Waals surface area contributed by atoms with E-state index in [1.807, 2.05) is 28.6 Å². The second kappa shape index (κ2) is 7.41. The Morgan fingerprint density at radius 1 is 1.20 bits per heavy atom. The lowest BCUT2D eigenvalue weighted by molar-refractivity contribution is 0.0699. The highest BCUT2D eigenvalue weighted by atomic mass is 16.2. The molecule has 0 spiro atoms. The first kappa shape index (κ1) is 20.4. The number of piperidine rings is 1. The van der Waals surface area contributed by atoms with Crippen LogP contribution >= 0.6 is 0 Å². The molecule has 8 nitrogen and oxygen atoms in total. The first-order chi connectivity index (χ1) is 14.1. The van der Waals surface area contributed by atoms with Gasteiger partial charge in [0.15, 0.2) is 5.65 Å². The third-order valence-electron chi connectivity index (χ3n) is 5.69. The van der Waals surface area contributed by atoms with Crippen molar-refractivity contribution in [1.82, 2.24) is 28.8 Å². The zero-order chi connectivity index (χ0) is 21.6. The number of carbonyl (C=O) groups excluding carboxylic acids is 1. The number of hydrogen-bond acceptors (Lipinski definition) is 4. The molecular formula is C22H30N6O2. The Kier molecular flexibility index (Phi) is 5.03. The fraction of sp³-hybridized carbons (Fsp3) is 0.545. The highest BCUT2D eigenvalue weighted by Crippen LogP contribution is 2.28. The molecule has 4 rings (SSSR count). The van der Waals surface area contributed by atoms with Crippen LogP contribution in [0.3, 0.4) is 0 Å². The second-order valence-corrected chi connectivity index (χ2v) is 9.53. The molecule has 0 aromatic carbocycles. The minimum atomic E-state index is -0.0415. The standard InChI is InChI=1S/C22H30N6O2/c1-22(2,3)14-28-18-9-8-16(23-19(18)26(5)21(28)30)15-7-6-11-27(13-15)20(29)17-10-12-25(4)24-17/h8-10,12,15H,6-7,11,13-14H2,1-5H3. The third-order valence-corrected chi connectivity index (χ3v) is 5.69. The van der Waals surface area contributed by atoms with Crippen LogP contribution in [0.4, 0.5) is 0 Å². The molecule has 3 aromatic heterocycles. The van der Waals surface area contributed by atoms with Crippen molar-refractivity contribution in [1.29, 1.82) is 0 Å². The molecule has 30 heavy (non-hydrogen) atoms. The van der Waals surface area contributed by atoms with Gasteiger partial charge < -0.3 is 4.90 Å². The maximum Gasteiger partial charge on any atom is 0.330 e. The van der Waals surface area contributed by atoms with Crippen molar-refractivity contribution in [2.75, 3.05) is 13.1 Å². The van der Waals surface area contributed by atoms with E-state index in [1.54, 1.807) is 28.6 Å². The molecule has 1 atom stereocenters. The number of nitrogens with zero attached hydrogens (tertiary/aromatic N) is 6. The largest absolute Gasteiger partial charge is 0.337 e. The van der Waals surface area contributed by atoms with Crippen molar-refractivity contribution >= 4 is 17.1 Å². The molecule has 1 fully saturated rings. The number of carbonyl (C=O) groups is 1. The van der Waals surface area contributed by atoms with Crippen molar-refractivity contribution in [2.24, 2.45) is 19.5 Å². The molecule has 8 heteroatoms. The number of hydrogen-bond donors (Lipinski definition) is 0. The van der Waals surface area contributed by atoms with E-state index in [4.69, 9.17) is 4.98 Å². The van der Waals surface area contributed by atoms with E-state index in [0.29, 0.717) is 24.4 Å². The molecule has 1 saturated heterocycles. The molecule has 1 amide bonds. The topological polar surface area (TPSA) is 78.0 Å². The van der Waals surface area contributed by atoms with E-state index in [2.05, 4.69) is 25.9 Å². The van der Waals surface area contributed by atoms with Gasteiger partial charge in [-0.25, -0.2) is 9.78 Å². The lowest BCUT2D eigenvalue weighted by Gasteiger charge is -2.32. The van der Waals surface area contributed by atoms with E-state index in [0.717, 1.165) is 30.6 Å². The minimum Gasteiger partial charge on any atom is -0.337 e. The molecule has 0 saturated carbocycles. The number of amides is 1. The maximum absolute atomic E-state index is 12.8. The van der Waals surface area contributed by atoms with Gasteiger partial charge in [0.05, 0.1) is 5.52 Å². The van der Waals surface area contributed by atoms with Crippen molar-refractivity contribution < 1.29 is 4.79 Å². The van der Waals surface area contributed by atoms with Crippen LogP contribution in [0.1, 0.15) is 55.7 Å². The third kappa shape index (κ3) is 3.78. The van der Waals surface area contributed by atoms with Gasteiger partial charge in [-0.15, -0.1) is 0 Å². The van der Waals surface area contributed by atoms with Crippen LogP contribution < -0.4 is 5.69 Å². The summed E-state index contributed by atoms with van der Waals surface area (Å²) in [5.74, 6) is 0.113. The lowest BCUT2D eigenvalue weighted by atomic mass is 9.94. The van der Waals surface area contributed by atoms with Crippen LogP contribution in [0.25, 0.3) is 11.2 Å². The van der Waals surface area contributed by atoms with Gasteiger partial charge >= 0.3 is 5.69 Å². The zero-order valence-electron chi connectivity index (χ0n) is 18.4. The first-order valence-electron chi connectivity index (χ1n) is 10.5. The Morgan fingerprint density at radius 3 is 2.63 bits per heavy atom. The fourth-order valence-electron chi connectivity index (χ4n) is 4.24. The minimum absolute atomic E-state index is 0.00745. The molecule has 1 aliphatic heterocycles. The summed E-state index contributed by atoms with van der Waals surface area (Å²) < 4.78 is 5.08. The van der Waals surface area contributed by atoms with Crippen molar-refractivity contribution in [3.63, 3.8) is 0 Å². The fourth-order valence-corrected chi connectivity index (χ4v) is 4.24. The molecule has 0 bridgehead atoms. The van der Waals surface area contributed by atoms with Crippen LogP contribution in [0.2, 0.25) is 0 Å². The van der Waals surface area contributed by atoms with E-state index in [1.165, 1.54) is 0 Å². The predicted molar refractivity (Wildman–Crippen MR) is 116 cm³/mol. The van der Waals surface area contributed by atoms with Gasteiger partial charge in [-0.2, -0.15) is 5.10 Å². The maximum atomic E-state index is 12.8. The summed E-state index contributed by atoms with van der Waals surface area (Å²) in [5.41, 5.74) is 2.92. The number of aryl methyl sites for hydroxylation is 2. The molecule has 0 radical (unpaired) electrons. The summed E-state index contributed by atoms with van der Waals surface area (Å²) in [6.07, 6.45) is 3.68. The van der Waals surface area contributed by atoms with Gasteiger partial charge in [0.1, 0.15) is 5.69 Å². The summed E-state index contributed by atoms with van der Waals surface area (Å²) in [7, 11) is 3.59. The molecule has 1 unspecified atom stereocenters. The Hall–Kier alpha value is -2.90. The van der Waals surface area contributed by atoms with Gasteiger partial charge in [0, 0.05) is 51.5 Å². The molecular weight excluding hydrogens is 380 g/mol. The number of imidazole rings is 1. The number of likely N-dealkylation sites (tertiary alicyclic amines) is 1. The lowest BCUT2D eigenvalue weighted by Crippen LogP contribution is -2.39. The monoisotopic (exact) mass is 410 g/mol. The van der Waals surface area contributed by atoms with E-state index in [-0.39, 0.29) is 22.9 Å². The molecule has 0 aliphatic carbocycles. The summed E-state index contributed by atoms with van der Waals surface area (Å²) in [6.45, 7) is 8.35. The molecule has 1 aliphatic rings. The second-order valence-electron chi connectivity index (χ2n) is 9.53. The Morgan fingerprint density at radius 2 is 1.97 bits per heavy atom. The first-order valence-corrected chi connectivity index (χ1v) is 10.5. The molecule has 160 valence electrons. The molecule has 4 heterocycles. The Bertz CT molecular complexity index is 1150. The zero-order valence-corrected chi connectivity index (χ0v) is 18.4. The number of fused-ring (bicyclic) bond motifs is 1. The molecule has 3 aromatic rings.